The van der Waals surface area contributed by atoms with Gasteiger partial charge >= 0.3 is 0 Å². The molecule has 1 aromatic carbocycles. The maximum absolute atomic E-state index is 13.0. The van der Waals surface area contributed by atoms with Crippen molar-refractivity contribution in [1.82, 2.24) is 9.97 Å². The van der Waals surface area contributed by atoms with Crippen LogP contribution in [-0.4, -0.2) is 9.97 Å². The van der Waals surface area contributed by atoms with E-state index in [1.54, 1.807) is 18.3 Å². The number of halogens is 2. The molecular weight excluding hydrogens is 229 g/mol. The highest BCUT2D eigenvalue weighted by Gasteiger charge is 2.05. The van der Waals surface area contributed by atoms with Crippen LogP contribution in [0.2, 0.25) is 5.02 Å². The summed E-state index contributed by atoms with van der Waals surface area (Å²) in [6.07, 6.45) is 1.61. The fraction of sp³-hybridized carbons (Fsp3) is 0.0909. The average molecular weight is 238 g/mol. The lowest BCUT2D eigenvalue weighted by atomic mass is 10.1. The van der Waals surface area contributed by atoms with Crippen LogP contribution in [-0.2, 0) is 6.54 Å². The number of aromatic nitrogens is 2. The lowest BCUT2D eigenvalue weighted by Gasteiger charge is -2.03. The summed E-state index contributed by atoms with van der Waals surface area (Å²) in [5.41, 5.74) is 6.86. The van der Waals surface area contributed by atoms with Gasteiger partial charge < -0.3 is 5.73 Å². The van der Waals surface area contributed by atoms with E-state index in [1.807, 2.05) is 0 Å². The Morgan fingerprint density at radius 1 is 1.31 bits per heavy atom. The van der Waals surface area contributed by atoms with Crippen molar-refractivity contribution in [2.45, 2.75) is 6.54 Å². The Hall–Kier alpha value is -1.52. The summed E-state index contributed by atoms with van der Waals surface area (Å²) in [5, 5.41) is 0.0745. The minimum Gasteiger partial charge on any atom is -0.324 e. The number of rotatable bonds is 2. The van der Waals surface area contributed by atoms with E-state index in [-0.39, 0.29) is 11.6 Å². The Morgan fingerprint density at radius 3 is 2.81 bits per heavy atom. The van der Waals surface area contributed by atoms with Gasteiger partial charge in [0.05, 0.1) is 17.3 Å². The highest BCUT2D eigenvalue weighted by Crippen LogP contribution is 2.23. The van der Waals surface area contributed by atoms with E-state index in [0.29, 0.717) is 11.5 Å². The predicted octanol–water partition coefficient (Wildman–Crippen LogP) is 2.39. The largest absolute Gasteiger partial charge is 0.324 e. The van der Waals surface area contributed by atoms with E-state index >= 15 is 0 Å². The molecule has 82 valence electrons. The molecule has 0 radical (unpaired) electrons. The maximum atomic E-state index is 13.0. The molecule has 0 saturated heterocycles. The molecule has 0 unspecified atom stereocenters. The third-order valence-corrected chi connectivity index (χ3v) is 2.39. The van der Waals surface area contributed by atoms with Gasteiger partial charge in [0.15, 0.2) is 0 Å². The Morgan fingerprint density at radius 2 is 2.12 bits per heavy atom. The molecule has 3 nitrogen and oxygen atoms in total. The first-order valence-electron chi connectivity index (χ1n) is 4.68. The molecule has 0 aliphatic carbocycles. The molecule has 1 aromatic heterocycles. The SMILES string of the molecule is NCc1nccc(-c2ccc(F)c(Cl)c2)n1. The van der Waals surface area contributed by atoms with E-state index in [4.69, 9.17) is 17.3 Å². The second kappa shape index (κ2) is 4.55. The molecule has 5 heteroatoms. The molecule has 0 bridgehead atoms. The van der Waals surface area contributed by atoms with Crippen LogP contribution in [0.1, 0.15) is 5.82 Å². The van der Waals surface area contributed by atoms with Gasteiger partial charge in [-0.25, -0.2) is 14.4 Å². The zero-order chi connectivity index (χ0) is 11.5. The van der Waals surface area contributed by atoms with Crippen molar-refractivity contribution in [2.24, 2.45) is 5.73 Å². The maximum Gasteiger partial charge on any atom is 0.142 e. The number of hydrogen-bond donors (Lipinski definition) is 1. The molecule has 0 fully saturated rings. The first-order chi connectivity index (χ1) is 7.70. The normalized spacial score (nSPS) is 10.4. The van der Waals surface area contributed by atoms with Crippen LogP contribution in [0.25, 0.3) is 11.3 Å². The third-order valence-electron chi connectivity index (χ3n) is 2.10. The molecular formula is C11H9ClFN3. The average Bonchev–Trinajstić information content (AvgIpc) is 2.33. The standard InChI is InChI=1S/C11H9ClFN3/c12-8-5-7(1-2-9(8)13)10-3-4-15-11(6-14)16-10/h1-5H,6,14H2. The molecule has 2 rings (SSSR count). The molecule has 1 heterocycles. The van der Waals surface area contributed by atoms with Crippen molar-refractivity contribution in [2.75, 3.05) is 0 Å². The summed E-state index contributed by atoms with van der Waals surface area (Å²) in [6.45, 7) is 0.267. The first-order valence-corrected chi connectivity index (χ1v) is 5.06. The van der Waals surface area contributed by atoms with Gasteiger partial charge in [-0.1, -0.05) is 11.6 Å². The second-order valence-corrected chi connectivity index (χ2v) is 3.60. The molecule has 0 atom stereocenters. The van der Waals surface area contributed by atoms with Crippen LogP contribution < -0.4 is 5.73 Å². The molecule has 16 heavy (non-hydrogen) atoms. The van der Waals surface area contributed by atoms with Gasteiger partial charge in [0.2, 0.25) is 0 Å². The molecule has 0 spiro atoms. The molecule has 2 aromatic rings. The zero-order valence-corrected chi connectivity index (χ0v) is 9.08. The highest BCUT2D eigenvalue weighted by atomic mass is 35.5. The number of benzene rings is 1. The van der Waals surface area contributed by atoms with Crippen molar-refractivity contribution in [3.63, 3.8) is 0 Å². The highest BCUT2D eigenvalue weighted by molar-refractivity contribution is 6.31. The van der Waals surface area contributed by atoms with Crippen LogP contribution in [0.4, 0.5) is 4.39 Å². The Balaban J connectivity index is 2.46. The summed E-state index contributed by atoms with van der Waals surface area (Å²) in [5.74, 6) is 0.0940. The number of hydrogen-bond acceptors (Lipinski definition) is 3. The Bertz CT molecular complexity index is 516. The van der Waals surface area contributed by atoms with E-state index < -0.39 is 5.82 Å². The van der Waals surface area contributed by atoms with Gasteiger partial charge in [-0.15, -0.1) is 0 Å². The first kappa shape index (κ1) is 11.0. The van der Waals surface area contributed by atoms with Gasteiger partial charge in [0.1, 0.15) is 11.6 Å². The van der Waals surface area contributed by atoms with Gasteiger partial charge in [-0.2, -0.15) is 0 Å². The smallest absolute Gasteiger partial charge is 0.142 e. The van der Waals surface area contributed by atoms with Crippen LogP contribution in [0.5, 0.6) is 0 Å². The van der Waals surface area contributed by atoms with E-state index in [0.717, 1.165) is 5.56 Å². The van der Waals surface area contributed by atoms with Crippen molar-refractivity contribution >= 4 is 11.6 Å². The molecule has 0 aliphatic rings. The summed E-state index contributed by atoms with van der Waals surface area (Å²) in [7, 11) is 0. The minimum atomic E-state index is -0.446. The van der Waals surface area contributed by atoms with Crippen molar-refractivity contribution in [1.29, 1.82) is 0 Å². The molecule has 0 aliphatic heterocycles. The van der Waals surface area contributed by atoms with Gasteiger partial charge in [0.25, 0.3) is 0 Å². The lowest BCUT2D eigenvalue weighted by molar-refractivity contribution is 0.628. The van der Waals surface area contributed by atoms with Crippen LogP contribution in [0.15, 0.2) is 30.5 Å². The molecule has 0 saturated carbocycles. The van der Waals surface area contributed by atoms with Crippen LogP contribution in [0, 0.1) is 5.82 Å². The van der Waals surface area contributed by atoms with Crippen molar-refractivity contribution < 1.29 is 4.39 Å². The van der Waals surface area contributed by atoms with E-state index in [9.17, 15) is 4.39 Å². The van der Waals surface area contributed by atoms with Crippen LogP contribution in [0.3, 0.4) is 0 Å². The van der Waals surface area contributed by atoms with Crippen molar-refractivity contribution in [3.05, 3.63) is 47.1 Å². The quantitative estimate of drug-likeness (QED) is 0.873. The Kier molecular flexibility index (Phi) is 3.12. The van der Waals surface area contributed by atoms with Gasteiger partial charge in [-0.3, -0.25) is 0 Å². The van der Waals surface area contributed by atoms with E-state index in [1.165, 1.54) is 12.1 Å². The number of nitrogens with two attached hydrogens (primary N) is 1. The second-order valence-electron chi connectivity index (χ2n) is 3.19. The third kappa shape index (κ3) is 2.18. The summed E-state index contributed by atoms with van der Waals surface area (Å²) >= 11 is 5.69. The van der Waals surface area contributed by atoms with Gasteiger partial charge in [0, 0.05) is 11.8 Å². The van der Waals surface area contributed by atoms with Crippen molar-refractivity contribution in [3.8, 4) is 11.3 Å². The fourth-order valence-corrected chi connectivity index (χ4v) is 1.49. The lowest BCUT2D eigenvalue weighted by Crippen LogP contribution is -2.03. The predicted molar refractivity (Wildman–Crippen MR) is 60.3 cm³/mol. The van der Waals surface area contributed by atoms with Gasteiger partial charge in [-0.05, 0) is 24.3 Å². The zero-order valence-electron chi connectivity index (χ0n) is 8.32. The molecule has 0 amide bonds. The minimum absolute atomic E-state index is 0.0745. The number of nitrogens with zero attached hydrogens (tertiary/aromatic N) is 2. The monoisotopic (exact) mass is 237 g/mol. The van der Waals surface area contributed by atoms with E-state index in [2.05, 4.69) is 9.97 Å². The topological polar surface area (TPSA) is 51.8 Å². The Labute approximate surface area is 97.1 Å². The summed E-state index contributed by atoms with van der Waals surface area (Å²) in [4.78, 5) is 8.20. The summed E-state index contributed by atoms with van der Waals surface area (Å²) < 4.78 is 13.0. The van der Waals surface area contributed by atoms with Crippen LogP contribution >= 0.6 is 11.6 Å². The fourth-order valence-electron chi connectivity index (χ4n) is 1.31. The molecule has 2 N–H and O–H groups in total. The summed E-state index contributed by atoms with van der Waals surface area (Å²) in [6, 6.07) is 6.17.